The Hall–Kier alpha value is -2.81. The topological polar surface area (TPSA) is 115 Å². The number of carbonyl (C=O) groups is 1. The second-order valence-electron chi connectivity index (χ2n) is 6.18. The first-order chi connectivity index (χ1) is 12.0. The van der Waals surface area contributed by atoms with Crippen LogP contribution in [0.3, 0.4) is 0 Å². The van der Waals surface area contributed by atoms with Crippen molar-refractivity contribution in [3.8, 4) is 5.69 Å². The van der Waals surface area contributed by atoms with Gasteiger partial charge in [0, 0.05) is 24.2 Å². The molecule has 1 saturated heterocycles. The first kappa shape index (κ1) is 17.0. The fourth-order valence-electron chi connectivity index (χ4n) is 3.00. The third kappa shape index (κ3) is 3.50. The van der Waals surface area contributed by atoms with Gasteiger partial charge >= 0.3 is 0 Å². The predicted octanol–water partition coefficient (Wildman–Crippen LogP) is 1.35. The molecule has 0 spiro atoms. The number of non-ortho nitro benzene ring substituents is 1. The van der Waals surface area contributed by atoms with Gasteiger partial charge in [-0.05, 0) is 39.3 Å². The second kappa shape index (κ2) is 6.98. The first-order valence-electron chi connectivity index (χ1n) is 8.18. The number of rotatable bonds is 4. The number of nitro benzene ring substituents is 1. The molecule has 9 heteroatoms. The highest BCUT2D eigenvalue weighted by Gasteiger charge is 2.25. The molecule has 1 aromatic carbocycles. The summed E-state index contributed by atoms with van der Waals surface area (Å²) in [6.45, 7) is 4.71. The second-order valence-corrected chi connectivity index (χ2v) is 6.18. The van der Waals surface area contributed by atoms with Crippen LogP contribution >= 0.6 is 0 Å². The molecule has 1 fully saturated rings. The summed E-state index contributed by atoms with van der Waals surface area (Å²) in [7, 11) is 0. The Morgan fingerprint density at radius 2 is 2.28 bits per heavy atom. The van der Waals surface area contributed by atoms with Crippen molar-refractivity contribution in [3.63, 3.8) is 0 Å². The van der Waals surface area contributed by atoms with Crippen molar-refractivity contribution in [1.29, 1.82) is 0 Å². The van der Waals surface area contributed by atoms with E-state index in [1.165, 1.54) is 16.8 Å². The third-order valence-electron chi connectivity index (χ3n) is 4.47. The molecule has 1 aliphatic rings. The van der Waals surface area contributed by atoms with Crippen LogP contribution in [0.15, 0.2) is 24.3 Å². The van der Waals surface area contributed by atoms with E-state index in [1.54, 1.807) is 19.1 Å². The van der Waals surface area contributed by atoms with E-state index in [4.69, 9.17) is 0 Å². The van der Waals surface area contributed by atoms with Crippen LogP contribution in [0.5, 0.6) is 0 Å². The molecule has 132 valence electrons. The molecule has 1 aliphatic heterocycles. The van der Waals surface area contributed by atoms with E-state index in [0.717, 1.165) is 19.4 Å². The van der Waals surface area contributed by atoms with Gasteiger partial charge in [-0.3, -0.25) is 14.9 Å². The number of hydrogen-bond donors (Lipinski definition) is 2. The minimum atomic E-state index is -0.471. The smallest absolute Gasteiger partial charge is 0.274 e. The maximum atomic E-state index is 12.5. The molecule has 1 aromatic heterocycles. The van der Waals surface area contributed by atoms with Crippen LogP contribution in [0, 0.1) is 17.0 Å². The number of nitro groups is 1. The largest absolute Gasteiger partial charge is 0.346 e. The molecule has 0 radical (unpaired) electrons. The average molecular weight is 344 g/mol. The molecule has 2 N–H and O–H groups in total. The molecule has 2 heterocycles. The maximum absolute atomic E-state index is 12.5. The van der Waals surface area contributed by atoms with Crippen molar-refractivity contribution in [2.45, 2.75) is 38.8 Å². The third-order valence-corrected chi connectivity index (χ3v) is 4.47. The number of hydrogen-bond acceptors (Lipinski definition) is 6. The van der Waals surface area contributed by atoms with Gasteiger partial charge in [-0.15, -0.1) is 5.10 Å². The quantitative estimate of drug-likeness (QED) is 0.639. The van der Waals surface area contributed by atoms with E-state index in [2.05, 4.69) is 20.9 Å². The van der Waals surface area contributed by atoms with Gasteiger partial charge in [0.2, 0.25) is 0 Å². The van der Waals surface area contributed by atoms with E-state index in [9.17, 15) is 14.9 Å². The fraction of sp³-hybridized carbons (Fsp3) is 0.438. The van der Waals surface area contributed by atoms with E-state index in [0.29, 0.717) is 11.4 Å². The number of nitrogens with zero attached hydrogens (tertiary/aromatic N) is 4. The van der Waals surface area contributed by atoms with E-state index >= 15 is 0 Å². The summed E-state index contributed by atoms with van der Waals surface area (Å²) in [5.74, 6) is -0.283. The summed E-state index contributed by atoms with van der Waals surface area (Å²) in [5, 5.41) is 25.2. The van der Waals surface area contributed by atoms with Gasteiger partial charge in [-0.25, -0.2) is 4.68 Å². The van der Waals surface area contributed by atoms with Gasteiger partial charge in [0.15, 0.2) is 5.69 Å². The molecule has 2 unspecified atom stereocenters. The molecule has 1 amide bonds. The summed E-state index contributed by atoms with van der Waals surface area (Å²) in [6, 6.07) is 6.30. The lowest BCUT2D eigenvalue weighted by Crippen LogP contribution is -2.52. The normalized spacial score (nSPS) is 20.2. The van der Waals surface area contributed by atoms with Crippen LogP contribution < -0.4 is 10.6 Å². The monoisotopic (exact) mass is 344 g/mol. The highest BCUT2D eigenvalue weighted by atomic mass is 16.6. The molecular weight excluding hydrogens is 324 g/mol. The zero-order chi connectivity index (χ0) is 18.0. The van der Waals surface area contributed by atoms with Gasteiger partial charge < -0.3 is 10.6 Å². The average Bonchev–Trinajstić information content (AvgIpc) is 2.98. The van der Waals surface area contributed by atoms with Crippen LogP contribution in [0.25, 0.3) is 5.69 Å². The van der Waals surface area contributed by atoms with E-state index in [-0.39, 0.29) is 29.4 Å². The molecule has 2 aromatic rings. The lowest BCUT2D eigenvalue weighted by molar-refractivity contribution is -0.384. The highest BCUT2D eigenvalue weighted by molar-refractivity contribution is 5.93. The van der Waals surface area contributed by atoms with Crippen LogP contribution in [-0.4, -0.2) is 44.5 Å². The minimum Gasteiger partial charge on any atom is -0.346 e. The van der Waals surface area contributed by atoms with Crippen molar-refractivity contribution in [1.82, 2.24) is 25.6 Å². The van der Waals surface area contributed by atoms with Crippen molar-refractivity contribution in [2.75, 3.05) is 6.54 Å². The van der Waals surface area contributed by atoms with Crippen LogP contribution in [0.2, 0.25) is 0 Å². The zero-order valence-corrected chi connectivity index (χ0v) is 14.1. The fourth-order valence-corrected chi connectivity index (χ4v) is 3.00. The Morgan fingerprint density at radius 3 is 3.00 bits per heavy atom. The molecule has 9 nitrogen and oxygen atoms in total. The minimum absolute atomic E-state index is 0.0412. The summed E-state index contributed by atoms with van der Waals surface area (Å²) in [4.78, 5) is 23.0. The van der Waals surface area contributed by atoms with Gasteiger partial charge in [-0.2, -0.15) is 0 Å². The lowest BCUT2D eigenvalue weighted by atomic mass is 10.00. The Balaban J connectivity index is 1.82. The Morgan fingerprint density at radius 1 is 1.48 bits per heavy atom. The zero-order valence-electron chi connectivity index (χ0n) is 14.1. The number of nitrogens with one attached hydrogen (secondary N) is 2. The number of amides is 1. The predicted molar refractivity (Wildman–Crippen MR) is 90.7 cm³/mol. The number of piperidine rings is 1. The van der Waals surface area contributed by atoms with Crippen molar-refractivity contribution >= 4 is 11.6 Å². The molecule has 0 bridgehead atoms. The van der Waals surface area contributed by atoms with Crippen LogP contribution in [0.4, 0.5) is 5.69 Å². The molecule has 25 heavy (non-hydrogen) atoms. The van der Waals surface area contributed by atoms with E-state index in [1.807, 2.05) is 6.92 Å². The van der Waals surface area contributed by atoms with Crippen molar-refractivity contribution in [3.05, 3.63) is 45.8 Å². The number of benzene rings is 1. The van der Waals surface area contributed by atoms with E-state index < -0.39 is 4.92 Å². The Kier molecular flexibility index (Phi) is 4.75. The number of carbonyl (C=O) groups excluding carboxylic acids is 1. The van der Waals surface area contributed by atoms with Gasteiger partial charge in [0.1, 0.15) is 0 Å². The summed E-state index contributed by atoms with van der Waals surface area (Å²) >= 11 is 0. The first-order valence-corrected chi connectivity index (χ1v) is 8.18. The Labute approximate surface area is 144 Å². The summed E-state index contributed by atoms with van der Waals surface area (Å²) < 4.78 is 1.43. The molecule has 3 rings (SSSR count). The SMILES string of the molecule is Cc1c(C(=O)NC2CCCNC2C)nnn1-c1cccc([N+](=O)[O-])c1. The van der Waals surface area contributed by atoms with Crippen LogP contribution in [0.1, 0.15) is 35.9 Å². The molecular formula is C16H20N6O3. The van der Waals surface area contributed by atoms with Gasteiger partial charge in [-0.1, -0.05) is 11.3 Å². The van der Waals surface area contributed by atoms with Gasteiger partial charge in [0.05, 0.1) is 16.3 Å². The van der Waals surface area contributed by atoms with Gasteiger partial charge in [0.25, 0.3) is 11.6 Å². The van der Waals surface area contributed by atoms with Crippen molar-refractivity contribution in [2.24, 2.45) is 0 Å². The maximum Gasteiger partial charge on any atom is 0.274 e. The highest BCUT2D eigenvalue weighted by Crippen LogP contribution is 2.18. The number of aromatic nitrogens is 3. The molecule has 0 aliphatic carbocycles. The summed E-state index contributed by atoms with van der Waals surface area (Å²) in [5.41, 5.74) is 1.21. The Bertz CT molecular complexity index is 803. The van der Waals surface area contributed by atoms with Crippen molar-refractivity contribution < 1.29 is 9.72 Å². The van der Waals surface area contributed by atoms with Crippen LogP contribution in [-0.2, 0) is 0 Å². The molecule has 2 atom stereocenters. The lowest BCUT2D eigenvalue weighted by Gasteiger charge is -2.30. The summed E-state index contributed by atoms with van der Waals surface area (Å²) in [6.07, 6.45) is 1.92. The standard InChI is InChI=1S/C16H20N6O3/c1-10-14(7-4-8-17-10)18-16(23)15-11(2)21(20-19-15)12-5-3-6-13(9-12)22(24)25/h3,5-6,9-10,14,17H,4,7-8H2,1-2H3,(H,18,23). The molecule has 0 saturated carbocycles.